The molecular formula is C18H20ClFN2O4S. The van der Waals surface area contributed by atoms with Crippen molar-refractivity contribution in [3.8, 4) is 0 Å². The summed E-state index contributed by atoms with van der Waals surface area (Å²) in [4.78, 5) is 13.9. The highest BCUT2D eigenvalue weighted by Crippen LogP contribution is 2.26. The SMILES string of the molecule is CCN(CCO)C(=O)c1cc(S(=O)(=O)N(C)c2ccc(F)cc2)ccc1Cl. The summed E-state index contributed by atoms with van der Waals surface area (Å²) in [6, 6.07) is 8.85. The average Bonchev–Trinajstić information content (AvgIpc) is 2.65. The van der Waals surface area contributed by atoms with Gasteiger partial charge in [-0.3, -0.25) is 9.10 Å². The van der Waals surface area contributed by atoms with Gasteiger partial charge in [-0.25, -0.2) is 12.8 Å². The number of sulfonamides is 1. The molecule has 0 heterocycles. The number of halogens is 2. The van der Waals surface area contributed by atoms with Crippen LogP contribution in [0.5, 0.6) is 0 Å². The highest BCUT2D eigenvalue weighted by atomic mass is 35.5. The summed E-state index contributed by atoms with van der Waals surface area (Å²) in [7, 11) is -2.65. The Kier molecular flexibility index (Phi) is 6.80. The van der Waals surface area contributed by atoms with E-state index in [4.69, 9.17) is 16.7 Å². The van der Waals surface area contributed by atoms with Crippen LogP contribution in [0, 0.1) is 5.82 Å². The van der Waals surface area contributed by atoms with Crippen molar-refractivity contribution in [2.45, 2.75) is 11.8 Å². The van der Waals surface area contributed by atoms with E-state index in [1.807, 2.05) is 0 Å². The van der Waals surface area contributed by atoms with Gasteiger partial charge in [0.25, 0.3) is 15.9 Å². The Morgan fingerprint density at radius 1 is 1.19 bits per heavy atom. The minimum Gasteiger partial charge on any atom is -0.395 e. The van der Waals surface area contributed by atoms with E-state index in [-0.39, 0.29) is 34.3 Å². The van der Waals surface area contributed by atoms with Crippen LogP contribution in [0.3, 0.4) is 0 Å². The number of rotatable bonds is 7. The zero-order valence-electron chi connectivity index (χ0n) is 14.9. The van der Waals surface area contributed by atoms with Crippen molar-refractivity contribution >= 4 is 33.2 Å². The van der Waals surface area contributed by atoms with Gasteiger partial charge in [0.15, 0.2) is 0 Å². The Hall–Kier alpha value is -2.16. The van der Waals surface area contributed by atoms with E-state index in [2.05, 4.69) is 0 Å². The molecule has 0 bridgehead atoms. The third kappa shape index (κ3) is 4.58. The van der Waals surface area contributed by atoms with Crippen LogP contribution in [0.25, 0.3) is 0 Å². The van der Waals surface area contributed by atoms with Crippen molar-refractivity contribution in [3.63, 3.8) is 0 Å². The molecule has 2 rings (SSSR count). The fourth-order valence-corrected chi connectivity index (χ4v) is 3.89. The Morgan fingerprint density at radius 2 is 1.81 bits per heavy atom. The molecule has 0 saturated heterocycles. The molecule has 0 fully saturated rings. The number of aliphatic hydroxyl groups is 1. The van der Waals surface area contributed by atoms with E-state index in [9.17, 15) is 17.6 Å². The molecule has 9 heteroatoms. The van der Waals surface area contributed by atoms with Gasteiger partial charge < -0.3 is 10.0 Å². The van der Waals surface area contributed by atoms with Crippen LogP contribution in [-0.4, -0.2) is 51.1 Å². The zero-order valence-corrected chi connectivity index (χ0v) is 16.5. The minimum atomic E-state index is -3.99. The summed E-state index contributed by atoms with van der Waals surface area (Å²) in [6.07, 6.45) is 0. The lowest BCUT2D eigenvalue weighted by molar-refractivity contribution is 0.0732. The highest BCUT2D eigenvalue weighted by Gasteiger charge is 2.25. The topological polar surface area (TPSA) is 77.9 Å². The number of amides is 1. The van der Waals surface area contributed by atoms with E-state index in [0.717, 1.165) is 16.4 Å². The lowest BCUT2D eigenvalue weighted by Crippen LogP contribution is -2.34. The Bertz CT molecular complexity index is 919. The summed E-state index contributed by atoms with van der Waals surface area (Å²) < 4.78 is 39.9. The maximum Gasteiger partial charge on any atom is 0.264 e. The van der Waals surface area contributed by atoms with Crippen LogP contribution in [-0.2, 0) is 10.0 Å². The molecule has 27 heavy (non-hydrogen) atoms. The monoisotopic (exact) mass is 414 g/mol. The number of anilines is 1. The minimum absolute atomic E-state index is 0.0283. The number of hydrogen-bond donors (Lipinski definition) is 1. The van der Waals surface area contributed by atoms with Crippen LogP contribution in [0.2, 0.25) is 5.02 Å². The first-order chi connectivity index (χ1) is 12.7. The number of aliphatic hydroxyl groups excluding tert-OH is 1. The molecule has 6 nitrogen and oxygen atoms in total. The van der Waals surface area contributed by atoms with Gasteiger partial charge in [0.1, 0.15) is 5.82 Å². The highest BCUT2D eigenvalue weighted by molar-refractivity contribution is 7.92. The van der Waals surface area contributed by atoms with Gasteiger partial charge in [0.2, 0.25) is 0 Å². The number of hydrogen-bond acceptors (Lipinski definition) is 4. The molecule has 0 aliphatic carbocycles. The van der Waals surface area contributed by atoms with Gasteiger partial charge in [-0.1, -0.05) is 11.6 Å². The second-order valence-corrected chi connectivity index (χ2v) is 8.08. The number of benzene rings is 2. The normalized spacial score (nSPS) is 11.3. The molecule has 0 spiro atoms. The number of likely N-dealkylation sites (N-methyl/N-ethyl adjacent to an activating group) is 1. The number of carbonyl (C=O) groups excluding carboxylic acids is 1. The number of carbonyl (C=O) groups is 1. The van der Waals surface area contributed by atoms with E-state index in [1.54, 1.807) is 6.92 Å². The molecule has 0 aliphatic heterocycles. The van der Waals surface area contributed by atoms with Crippen LogP contribution >= 0.6 is 11.6 Å². The first-order valence-corrected chi connectivity index (χ1v) is 9.98. The summed E-state index contributed by atoms with van der Waals surface area (Å²) in [5.41, 5.74) is 0.301. The average molecular weight is 415 g/mol. The molecule has 0 aliphatic rings. The fourth-order valence-electron chi connectivity index (χ4n) is 2.47. The van der Waals surface area contributed by atoms with E-state index in [0.29, 0.717) is 6.54 Å². The van der Waals surface area contributed by atoms with E-state index < -0.39 is 21.7 Å². The third-order valence-corrected chi connectivity index (χ3v) is 6.17. The molecule has 0 atom stereocenters. The quantitative estimate of drug-likeness (QED) is 0.755. The second-order valence-electron chi connectivity index (χ2n) is 5.70. The van der Waals surface area contributed by atoms with Crippen LogP contribution < -0.4 is 4.31 Å². The van der Waals surface area contributed by atoms with Crippen molar-refractivity contribution in [1.82, 2.24) is 4.90 Å². The maximum atomic E-state index is 13.1. The molecule has 1 amide bonds. The van der Waals surface area contributed by atoms with Crippen LogP contribution in [0.4, 0.5) is 10.1 Å². The van der Waals surface area contributed by atoms with Gasteiger partial charge in [0, 0.05) is 20.1 Å². The molecule has 1 N–H and O–H groups in total. The molecule has 2 aromatic carbocycles. The first kappa shape index (κ1) is 21.1. The lowest BCUT2D eigenvalue weighted by Gasteiger charge is -2.22. The molecule has 0 aromatic heterocycles. The van der Waals surface area contributed by atoms with Gasteiger partial charge in [0.05, 0.1) is 27.8 Å². The first-order valence-electron chi connectivity index (χ1n) is 8.16. The lowest BCUT2D eigenvalue weighted by atomic mass is 10.2. The molecule has 146 valence electrons. The maximum absolute atomic E-state index is 13.1. The molecule has 0 radical (unpaired) electrons. The third-order valence-electron chi connectivity index (χ3n) is 4.06. The summed E-state index contributed by atoms with van der Waals surface area (Å²) >= 11 is 6.10. The van der Waals surface area contributed by atoms with Crippen LogP contribution in [0.1, 0.15) is 17.3 Å². The zero-order chi connectivity index (χ0) is 20.2. The second kappa shape index (κ2) is 8.69. The van der Waals surface area contributed by atoms with Crippen molar-refractivity contribution in [2.24, 2.45) is 0 Å². The summed E-state index contributed by atoms with van der Waals surface area (Å²) in [5, 5.41) is 9.19. The van der Waals surface area contributed by atoms with Crippen molar-refractivity contribution < 1.29 is 22.7 Å². The van der Waals surface area contributed by atoms with E-state index in [1.165, 1.54) is 42.3 Å². The predicted molar refractivity (Wildman–Crippen MR) is 102 cm³/mol. The van der Waals surface area contributed by atoms with Crippen molar-refractivity contribution in [3.05, 3.63) is 58.9 Å². The predicted octanol–water partition coefficient (Wildman–Crippen LogP) is 2.76. The van der Waals surface area contributed by atoms with Gasteiger partial charge in [-0.15, -0.1) is 0 Å². The van der Waals surface area contributed by atoms with Crippen molar-refractivity contribution in [2.75, 3.05) is 31.0 Å². The standard InChI is InChI=1S/C18H20ClFN2O4S/c1-3-22(10-11-23)18(24)16-12-15(8-9-17(16)19)27(25,26)21(2)14-6-4-13(20)5-7-14/h4-9,12,23H,3,10-11H2,1-2H3. The van der Waals surface area contributed by atoms with Gasteiger partial charge in [-0.05, 0) is 49.4 Å². The molecular weight excluding hydrogens is 395 g/mol. The summed E-state index contributed by atoms with van der Waals surface area (Å²) in [5.74, 6) is -0.953. The molecule has 0 unspecified atom stereocenters. The van der Waals surface area contributed by atoms with Crippen molar-refractivity contribution in [1.29, 1.82) is 0 Å². The largest absolute Gasteiger partial charge is 0.395 e. The Morgan fingerprint density at radius 3 is 2.37 bits per heavy atom. The smallest absolute Gasteiger partial charge is 0.264 e. The molecule has 0 saturated carbocycles. The van der Waals surface area contributed by atoms with E-state index >= 15 is 0 Å². The molecule has 2 aromatic rings. The van der Waals surface area contributed by atoms with Gasteiger partial charge in [-0.2, -0.15) is 0 Å². The van der Waals surface area contributed by atoms with Crippen LogP contribution in [0.15, 0.2) is 47.4 Å². The van der Waals surface area contributed by atoms with Gasteiger partial charge >= 0.3 is 0 Å². The number of nitrogens with zero attached hydrogens (tertiary/aromatic N) is 2. The Balaban J connectivity index is 2.43. The fraction of sp³-hybridized carbons (Fsp3) is 0.278. The Labute approximate surface area is 162 Å². The summed E-state index contributed by atoms with van der Waals surface area (Å²) in [6.45, 7) is 1.97.